The van der Waals surface area contributed by atoms with E-state index in [1.165, 1.54) is 26.1 Å². The maximum atomic E-state index is 12.5. The molecular weight excluding hydrogens is 316 g/mol. The lowest BCUT2D eigenvalue weighted by Gasteiger charge is -2.20. The highest BCUT2D eigenvalue weighted by molar-refractivity contribution is 7.91. The molecule has 2 N–H and O–H groups in total. The van der Waals surface area contributed by atoms with E-state index in [1.807, 2.05) is 0 Å². The molecule has 0 amide bonds. The molecule has 0 bridgehead atoms. The van der Waals surface area contributed by atoms with Gasteiger partial charge in [0.1, 0.15) is 4.90 Å². The van der Waals surface area contributed by atoms with Gasteiger partial charge in [-0.1, -0.05) is 0 Å². The van der Waals surface area contributed by atoms with E-state index in [0.29, 0.717) is 5.69 Å². The predicted molar refractivity (Wildman–Crippen MR) is 80.6 cm³/mol. The number of aliphatic hydroxyl groups is 1. The Morgan fingerprint density at radius 1 is 1.29 bits per heavy atom. The smallest absolute Gasteiger partial charge is 0.245 e. The summed E-state index contributed by atoms with van der Waals surface area (Å²) in [4.78, 5) is -0.221. The van der Waals surface area contributed by atoms with Gasteiger partial charge in [0, 0.05) is 26.9 Å². The first-order valence-corrected chi connectivity index (χ1v) is 9.49. The van der Waals surface area contributed by atoms with Crippen molar-refractivity contribution in [3.05, 3.63) is 18.2 Å². The summed E-state index contributed by atoms with van der Waals surface area (Å²) in [7, 11) is -4.56. The number of aliphatic hydroxyl groups excluding tert-OH is 1. The number of anilines is 1. The second-order valence-electron chi connectivity index (χ2n) is 4.81. The first-order valence-electron chi connectivity index (χ1n) is 6.16. The van der Waals surface area contributed by atoms with Crippen LogP contribution < -0.4 is 5.32 Å². The van der Waals surface area contributed by atoms with Gasteiger partial charge in [-0.3, -0.25) is 0 Å². The number of nitrogens with zero attached hydrogens (tertiary/aromatic N) is 1. The highest BCUT2D eigenvalue weighted by Crippen LogP contribution is 2.27. The van der Waals surface area contributed by atoms with Crippen molar-refractivity contribution in [1.29, 1.82) is 0 Å². The summed E-state index contributed by atoms with van der Waals surface area (Å²) >= 11 is 0. The summed E-state index contributed by atoms with van der Waals surface area (Å²) in [6.45, 7) is 1.38. The van der Waals surface area contributed by atoms with E-state index in [2.05, 4.69) is 5.32 Å². The van der Waals surface area contributed by atoms with Crippen LogP contribution in [0.2, 0.25) is 0 Å². The fourth-order valence-corrected chi connectivity index (χ4v) is 3.98. The molecule has 0 aliphatic heterocycles. The topological polar surface area (TPSA) is 104 Å². The van der Waals surface area contributed by atoms with Crippen LogP contribution >= 0.6 is 0 Å². The van der Waals surface area contributed by atoms with Gasteiger partial charge in [0.15, 0.2) is 9.84 Å². The first kappa shape index (κ1) is 17.9. The minimum Gasteiger partial charge on any atom is -0.392 e. The third-order valence-electron chi connectivity index (χ3n) is 2.86. The summed E-state index contributed by atoms with van der Waals surface area (Å²) < 4.78 is 49.2. The molecule has 1 aromatic rings. The molecule has 1 atom stereocenters. The Kier molecular flexibility index (Phi) is 5.37. The normalized spacial score (nSPS) is 14.2. The number of hydrogen-bond donors (Lipinski definition) is 2. The summed E-state index contributed by atoms with van der Waals surface area (Å²) in [5.74, 6) is 0. The van der Waals surface area contributed by atoms with Crippen LogP contribution in [0.5, 0.6) is 0 Å². The van der Waals surface area contributed by atoms with Crippen LogP contribution in [-0.2, 0) is 19.9 Å². The van der Waals surface area contributed by atoms with Gasteiger partial charge in [0.05, 0.1) is 16.7 Å². The van der Waals surface area contributed by atoms with Gasteiger partial charge >= 0.3 is 0 Å². The third kappa shape index (κ3) is 4.16. The minimum atomic E-state index is -3.91. The molecule has 0 aliphatic carbocycles. The zero-order chi connectivity index (χ0) is 16.4. The fraction of sp³-hybridized carbons (Fsp3) is 0.500. The monoisotopic (exact) mass is 336 g/mol. The Morgan fingerprint density at radius 3 is 2.29 bits per heavy atom. The van der Waals surface area contributed by atoms with E-state index in [0.717, 1.165) is 16.6 Å². The second kappa shape index (κ2) is 6.30. The molecule has 0 aromatic heterocycles. The molecule has 21 heavy (non-hydrogen) atoms. The molecule has 0 saturated heterocycles. The molecule has 0 heterocycles. The van der Waals surface area contributed by atoms with Crippen molar-refractivity contribution in [2.75, 3.05) is 32.2 Å². The molecule has 0 saturated carbocycles. The average Bonchev–Trinajstić information content (AvgIpc) is 2.35. The maximum absolute atomic E-state index is 12.5. The standard InChI is InChI=1S/C12H20N2O5S2/c1-9(15)8-14(3)21(18,19)12-7-10(20(4,16)17)5-6-11(12)13-2/h5-7,9,13,15H,8H2,1-4H3. The fourth-order valence-electron chi connectivity index (χ4n) is 1.79. The highest BCUT2D eigenvalue weighted by Gasteiger charge is 2.26. The third-order valence-corrected chi connectivity index (χ3v) is 5.83. The summed E-state index contributed by atoms with van der Waals surface area (Å²) in [5.41, 5.74) is 0.292. The molecule has 1 unspecified atom stereocenters. The van der Waals surface area contributed by atoms with Crippen LogP contribution in [0.3, 0.4) is 0 Å². The van der Waals surface area contributed by atoms with Crippen molar-refractivity contribution in [1.82, 2.24) is 4.31 Å². The number of rotatable bonds is 6. The van der Waals surface area contributed by atoms with E-state index < -0.39 is 26.0 Å². The highest BCUT2D eigenvalue weighted by atomic mass is 32.2. The number of hydrogen-bond acceptors (Lipinski definition) is 6. The van der Waals surface area contributed by atoms with E-state index in [9.17, 15) is 21.9 Å². The largest absolute Gasteiger partial charge is 0.392 e. The maximum Gasteiger partial charge on any atom is 0.245 e. The molecule has 1 rings (SSSR count). The molecule has 0 aliphatic rings. The summed E-state index contributed by atoms with van der Waals surface area (Å²) in [6.07, 6.45) is 0.179. The quantitative estimate of drug-likeness (QED) is 0.765. The minimum absolute atomic E-state index is 0.0782. The number of nitrogens with one attached hydrogen (secondary N) is 1. The van der Waals surface area contributed by atoms with E-state index >= 15 is 0 Å². The lowest BCUT2D eigenvalue weighted by atomic mass is 10.3. The lowest BCUT2D eigenvalue weighted by molar-refractivity contribution is 0.171. The van der Waals surface area contributed by atoms with E-state index in [4.69, 9.17) is 0 Å². The van der Waals surface area contributed by atoms with Gasteiger partial charge in [-0.15, -0.1) is 0 Å². The van der Waals surface area contributed by atoms with Crippen molar-refractivity contribution < 1.29 is 21.9 Å². The van der Waals surface area contributed by atoms with Gasteiger partial charge in [-0.05, 0) is 25.1 Å². The van der Waals surface area contributed by atoms with Gasteiger partial charge in [-0.25, -0.2) is 16.8 Å². The zero-order valence-corrected chi connectivity index (χ0v) is 14.0. The lowest BCUT2D eigenvalue weighted by Crippen LogP contribution is -2.33. The molecule has 0 fully saturated rings. The van der Waals surface area contributed by atoms with E-state index in [1.54, 1.807) is 7.05 Å². The Morgan fingerprint density at radius 2 is 1.86 bits per heavy atom. The molecule has 1 aromatic carbocycles. The SMILES string of the molecule is CNc1ccc(S(C)(=O)=O)cc1S(=O)(=O)N(C)CC(C)O. The molecule has 120 valence electrons. The van der Waals surface area contributed by atoms with Crippen molar-refractivity contribution in [2.24, 2.45) is 0 Å². The van der Waals surface area contributed by atoms with Crippen molar-refractivity contribution in [2.45, 2.75) is 22.8 Å². The number of sulfone groups is 1. The van der Waals surface area contributed by atoms with Crippen LogP contribution in [0, 0.1) is 0 Å². The van der Waals surface area contributed by atoms with Crippen LogP contribution in [0.1, 0.15) is 6.92 Å². The van der Waals surface area contributed by atoms with Crippen LogP contribution in [-0.4, -0.2) is 59.2 Å². The summed E-state index contributed by atoms with van der Waals surface area (Å²) in [6, 6.07) is 3.86. The number of likely N-dealkylation sites (N-methyl/N-ethyl adjacent to an activating group) is 1. The van der Waals surface area contributed by atoms with Crippen LogP contribution in [0.4, 0.5) is 5.69 Å². The van der Waals surface area contributed by atoms with Gasteiger partial charge in [0.2, 0.25) is 10.0 Å². The second-order valence-corrected chi connectivity index (χ2v) is 8.84. The van der Waals surface area contributed by atoms with E-state index in [-0.39, 0.29) is 16.3 Å². The first-order chi connectivity index (χ1) is 9.50. The molecule has 0 spiro atoms. The van der Waals surface area contributed by atoms with Crippen molar-refractivity contribution in [3.63, 3.8) is 0 Å². The Labute approximate surface area is 125 Å². The van der Waals surface area contributed by atoms with Crippen molar-refractivity contribution >= 4 is 25.5 Å². The van der Waals surface area contributed by atoms with Gasteiger partial charge < -0.3 is 10.4 Å². The Hall–Kier alpha value is -1.16. The summed E-state index contributed by atoms with van der Waals surface area (Å²) in [5, 5.41) is 12.1. The zero-order valence-electron chi connectivity index (χ0n) is 12.4. The predicted octanol–water partition coefficient (Wildman–Crippen LogP) is 0.133. The van der Waals surface area contributed by atoms with Crippen LogP contribution in [0.25, 0.3) is 0 Å². The Balaban J connectivity index is 3.46. The number of benzene rings is 1. The van der Waals surface area contributed by atoms with Gasteiger partial charge in [0.25, 0.3) is 0 Å². The Bertz CT molecular complexity index is 711. The molecule has 0 radical (unpaired) electrons. The number of sulfonamides is 1. The van der Waals surface area contributed by atoms with Crippen LogP contribution in [0.15, 0.2) is 28.0 Å². The molecule has 9 heteroatoms. The van der Waals surface area contributed by atoms with Crippen molar-refractivity contribution in [3.8, 4) is 0 Å². The molecular formula is C12H20N2O5S2. The molecule has 7 nitrogen and oxygen atoms in total. The van der Waals surface area contributed by atoms with Gasteiger partial charge in [-0.2, -0.15) is 4.31 Å². The average molecular weight is 336 g/mol.